The highest BCUT2D eigenvalue weighted by Crippen LogP contribution is 2.20. The molecule has 0 unspecified atom stereocenters. The number of rotatable bonds is 13. The van der Waals surface area contributed by atoms with Gasteiger partial charge >= 0.3 is 12.1 Å². The quantitative estimate of drug-likeness (QED) is 0.269. The molecule has 36 heavy (non-hydrogen) atoms. The Bertz CT molecular complexity index is 1130. The lowest BCUT2D eigenvalue weighted by Crippen LogP contribution is -2.50. The summed E-state index contributed by atoms with van der Waals surface area (Å²) in [6.45, 7) is 4.11. The van der Waals surface area contributed by atoms with Gasteiger partial charge in [0.1, 0.15) is 0 Å². The van der Waals surface area contributed by atoms with Gasteiger partial charge in [-0.15, -0.1) is 0 Å². The molecule has 11 heteroatoms. The Morgan fingerprint density at radius 1 is 1.00 bits per heavy atom. The highest BCUT2D eigenvalue weighted by molar-refractivity contribution is 7.89. The van der Waals surface area contributed by atoms with Crippen LogP contribution in [-0.2, 0) is 26.0 Å². The summed E-state index contributed by atoms with van der Waals surface area (Å²) in [4.78, 5) is 34.3. The van der Waals surface area contributed by atoms with Crippen LogP contribution in [0.5, 0.6) is 0 Å². The molecule has 0 aromatic heterocycles. The molecular weight excluding hydrogens is 488 g/mol. The van der Waals surface area contributed by atoms with Gasteiger partial charge in [-0.2, -0.15) is 4.31 Å². The fourth-order valence-corrected chi connectivity index (χ4v) is 5.16. The molecule has 0 aliphatic heterocycles. The van der Waals surface area contributed by atoms with E-state index >= 15 is 0 Å². The van der Waals surface area contributed by atoms with Crippen molar-refractivity contribution in [2.24, 2.45) is 5.92 Å². The van der Waals surface area contributed by atoms with Gasteiger partial charge in [-0.1, -0.05) is 44.2 Å². The number of esters is 1. The Labute approximate surface area is 210 Å². The van der Waals surface area contributed by atoms with Crippen LogP contribution < -0.4 is 5.32 Å². The first-order valence-electron chi connectivity index (χ1n) is 11.4. The Morgan fingerprint density at radius 2 is 1.61 bits per heavy atom. The summed E-state index contributed by atoms with van der Waals surface area (Å²) in [7, 11) is -4.09. The Morgan fingerprint density at radius 3 is 2.14 bits per heavy atom. The minimum atomic E-state index is -4.09. The number of hydrogen-bond acceptors (Lipinski definition) is 7. The molecule has 0 heterocycles. The van der Waals surface area contributed by atoms with E-state index in [4.69, 9.17) is 0 Å². The number of Topliss-reactive ketones (excluding diaryl/α,β-unsaturated/α-hetero) is 1. The zero-order chi connectivity index (χ0) is 26.9. The van der Waals surface area contributed by atoms with Gasteiger partial charge in [0.2, 0.25) is 10.0 Å². The van der Waals surface area contributed by atoms with Crippen LogP contribution in [0, 0.1) is 5.92 Å². The van der Waals surface area contributed by atoms with Gasteiger partial charge < -0.3 is 20.3 Å². The lowest BCUT2D eigenvalue weighted by atomic mass is 10.0. The minimum Gasteiger partial charge on any atom is -0.465 e. The lowest BCUT2D eigenvalue weighted by molar-refractivity contribution is -0.139. The van der Waals surface area contributed by atoms with Gasteiger partial charge in [0.05, 0.1) is 17.0 Å². The van der Waals surface area contributed by atoms with E-state index in [-0.39, 0.29) is 35.9 Å². The fourth-order valence-electron chi connectivity index (χ4n) is 3.54. The predicted molar refractivity (Wildman–Crippen MR) is 132 cm³/mol. The van der Waals surface area contributed by atoms with Crippen LogP contribution in [0.3, 0.4) is 0 Å². The number of carbonyl (C=O) groups is 3. The SMILES string of the molecule is CC(=O)OCC(=O)c1ccc(S(=O)(=O)N(CC(C)C)C[C@H](O)[C@H](Cc2ccccc2)NC(=O)O)cc1. The second-order valence-corrected chi connectivity index (χ2v) is 10.7. The summed E-state index contributed by atoms with van der Waals surface area (Å²) in [5, 5.41) is 22.5. The topological polar surface area (TPSA) is 150 Å². The van der Waals surface area contributed by atoms with Gasteiger partial charge in [-0.25, -0.2) is 13.2 Å². The van der Waals surface area contributed by atoms with Gasteiger partial charge in [-0.05, 0) is 42.2 Å². The number of benzene rings is 2. The zero-order valence-corrected chi connectivity index (χ0v) is 21.3. The van der Waals surface area contributed by atoms with Crippen LogP contribution in [-0.4, -0.2) is 72.6 Å². The van der Waals surface area contributed by atoms with Crippen LogP contribution >= 0.6 is 0 Å². The largest absolute Gasteiger partial charge is 0.465 e. The van der Waals surface area contributed by atoms with Crippen molar-refractivity contribution in [2.45, 2.75) is 44.2 Å². The molecule has 0 bridgehead atoms. The van der Waals surface area contributed by atoms with Crippen molar-refractivity contribution in [2.75, 3.05) is 19.7 Å². The van der Waals surface area contributed by atoms with Crippen molar-refractivity contribution in [3.8, 4) is 0 Å². The van der Waals surface area contributed by atoms with Crippen LogP contribution in [0.2, 0.25) is 0 Å². The van der Waals surface area contributed by atoms with Crippen LogP contribution in [0.15, 0.2) is 59.5 Å². The molecule has 2 aromatic rings. The Balaban J connectivity index is 2.26. The number of nitrogens with zero attached hydrogens (tertiary/aromatic N) is 1. The molecule has 0 aliphatic carbocycles. The van der Waals surface area contributed by atoms with E-state index in [9.17, 15) is 33.0 Å². The highest BCUT2D eigenvalue weighted by atomic mass is 32.2. The molecule has 2 rings (SSSR count). The molecular formula is C25H32N2O8S. The minimum absolute atomic E-state index is 0.0810. The van der Waals surface area contributed by atoms with Crippen molar-refractivity contribution in [3.05, 3.63) is 65.7 Å². The molecule has 0 aliphatic rings. The molecule has 0 saturated heterocycles. The maximum Gasteiger partial charge on any atom is 0.404 e. The maximum absolute atomic E-state index is 13.4. The number of amides is 1. The molecule has 196 valence electrons. The third-order valence-corrected chi connectivity index (χ3v) is 7.10. The van der Waals surface area contributed by atoms with Crippen LogP contribution in [0.1, 0.15) is 36.7 Å². The normalized spacial score (nSPS) is 13.3. The van der Waals surface area contributed by atoms with Gasteiger partial charge in [0.15, 0.2) is 12.4 Å². The first-order chi connectivity index (χ1) is 16.9. The summed E-state index contributed by atoms with van der Waals surface area (Å²) in [6, 6.07) is 13.2. The molecule has 10 nitrogen and oxygen atoms in total. The van der Waals surface area contributed by atoms with Crippen molar-refractivity contribution < 1.29 is 37.8 Å². The summed E-state index contributed by atoms with van der Waals surface area (Å²) >= 11 is 0. The molecule has 0 spiro atoms. The molecule has 0 saturated carbocycles. The number of carboxylic acid groups (broad SMARTS) is 1. The summed E-state index contributed by atoms with van der Waals surface area (Å²) in [5.74, 6) is -1.17. The molecule has 0 fully saturated rings. The lowest BCUT2D eigenvalue weighted by Gasteiger charge is -2.30. The Kier molecular flexibility index (Phi) is 10.6. The van der Waals surface area contributed by atoms with E-state index < -0.39 is 46.6 Å². The molecule has 2 atom stereocenters. The van der Waals surface area contributed by atoms with Crippen molar-refractivity contribution in [3.63, 3.8) is 0 Å². The van der Waals surface area contributed by atoms with E-state index in [2.05, 4.69) is 10.1 Å². The van der Waals surface area contributed by atoms with E-state index in [0.717, 1.165) is 9.87 Å². The number of aliphatic hydroxyl groups is 1. The molecule has 1 amide bonds. The number of carbonyl (C=O) groups excluding carboxylic acids is 2. The third kappa shape index (κ3) is 8.74. The van der Waals surface area contributed by atoms with E-state index in [1.807, 2.05) is 19.9 Å². The van der Waals surface area contributed by atoms with Gasteiger partial charge in [0, 0.05) is 25.6 Å². The Hall–Kier alpha value is -3.28. The molecule has 2 aromatic carbocycles. The molecule has 3 N–H and O–H groups in total. The highest BCUT2D eigenvalue weighted by Gasteiger charge is 2.31. The van der Waals surface area contributed by atoms with E-state index in [0.29, 0.717) is 0 Å². The second-order valence-electron chi connectivity index (χ2n) is 8.76. The first-order valence-corrected chi connectivity index (χ1v) is 12.8. The standard InChI is InChI=1S/C25H32N2O8S/c1-17(2)14-27(15-23(29)22(26-25(31)32)13-19-7-5-4-6-8-19)36(33,34)21-11-9-20(10-12-21)24(30)16-35-18(3)28/h4-12,17,22-23,26,29H,13-16H2,1-3H3,(H,31,32)/t22-,23-/m0/s1. The molecule has 0 radical (unpaired) electrons. The third-order valence-electron chi connectivity index (χ3n) is 5.25. The van der Waals surface area contributed by atoms with Crippen LogP contribution in [0.4, 0.5) is 4.79 Å². The average Bonchev–Trinajstić information content (AvgIpc) is 2.81. The fraction of sp³-hybridized carbons (Fsp3) is 0.400. The summed E-state index contributed by atoms with van der Waals surface area (Å²) in [6.07, 6.45) is -2.50. The van der Waals surface area contributed by atoms with Crippen molar-refractivity contribution in [1.82, 2.24) is 9.62 Å². The first kappa shape index (κ1) is 29.0. The summed E-state index contributed by atoms with van der Waals surface area (Å²) < 4.78 is 32.6. The second kappa shape index (κ2) is 13.1. The van der Waals surface area contributed by atoms with Gasteiger partial charge in [-0.3, -0.25) is 9.59 Å². The smallest absolute Gasteiger partial charge is 0.404 e. The van der Waals surface area contributed by atoms with Gasteiger partial charge in [0.25, 0.3) is 0 Å². The number of aliphatic hydroxyl groups excluding tert-OH is 1. The van der Waals surface area contributed by atoms with Crippen LogP contribution in [0.25, 0.3) is 0 Å². The number of ether oxygens (including phenoxy) is 1. The number of sulfonamides is 1. The summed E-state index contributed by atoms with van der Waals surface area (Å²) in [5.41, 5.74) is 0.960. The number of nitrogens with one attached hydrogen (secondary N) is 1. The van der Waals surface area contributed by atoms with E-state index in [1.165, 1.54) is 31.2 Å². The zero-order valence-electron chi connectivity index (χ0n) is 20.5. The van der Waals surface area contributed by atoms with E-state index in [1.54, 1.807) is 24.3 Å². The predicted octanol–water partition coefficient (Wildman–Crippen LogP) is 2.32. The number of hydrogen-bond donors (Lipinski definition) is 3. The monoisotopic (exact) mass is 520 g/mol. The van der Waals surface area contributed by atoms with Crippen molar-refractivity contribution in [1.29, 1.82) is 0 Å². The van der Waals surface area contributed by atoms with Crippen molar-refractivity contribution >= 4 is 27.9 Å². The number of ketones is 1. The average molecular weight is 521 g/mol. The maximum atomic E-state index is 13.4.